The molecule has 0 saturated carbocycles. The molecule has 0 atom stereocenters. The number of fused-ring (bicyclic) bond motifs is 1. The Labute approximate surface area is 130 Å². The van der Waals surface area contributed by atoms with Gasteiger partial charge in [0.15, 0.2) is 11.5 Å². The summed E-state index contributed by atoms with van der Waals surface area (Å²) in [6.45, 7) is 1.73. The zero-order valence-electron chi connectivity index (χ0n) is 12.3. The summed E-state index contributed by atoms with van der Waals surface area (Å²) in [6.07, 6.45) is 1.80. The number of aromatic nitrogens is 3. The molecule has 0 aliphatic rings. The molecule has 3 rings (SSSR count). The predicted octanol–water partition coefficient (Wildman–Crippen LogP) is 1.88. The number of benzene rings is 1. The van der Waals surface area contributed by atoms with Crippen LogP contribution in [0.2, 0.25) is 0 Å². The lowest BCUT2D eigenvalue weighted by Gasteiger charge is -2.07. The minimum atomic E-state index is -0.502. The van der Waals surface area contributed by atoms with Gasteiger partial charge in [0.25, 0.3) is 11.6 Å². The molecule has 0 bridgehead atoms. The topological polar surface area (TPSA) is 102 Å². The second kappa shape index (κ2) is 5.84. The number of hydrogen-bond donors (Lipinski definition) is 1. The Morgan fingerprint density at radius 2 is 2.09 bits per heavy atom. The van der Waals surface area contributed by atoms with Gasteiger partial charge in [-0.05, 0) is 25.1 Å². The summed E-state index contributed by atoms with van der Waals surface area (Å²) in [6, 6.07) is 9.92. The molecule has 1 aromatic carbocycles. The third-order valence-corrected chi connectivity index (χ3v) is 3.54. The lowest BCUT2D eigenvalue weighted by Crippen LogP contribution is -2.25. The van der Waals surface area contributed by atoms with Crippen molar-refractivity contribution in [1.82, 2.24) is 19.9 Å². The van der Waals surface area contributed by atoms with Crippen LogP contribution in [0.1, 0.15) is 21.7 Å². The molecule has 8 nitrogen and oxygen atoms in total. The molecular weight excluding hydrogens is 298 g/mol. The third-order valence-electron chi connectivity index (χ3n) is 3.54. The fourth-order valence-corrected chi connectivity index (χ4v) is 2.33. The van der Waals surface area contributed by atoms with Crippen molar-refractivity contribution < 1.29 is 9.72 Å². The summed E-state index contributed by atoms with van der Waals surface area (Å²) in [4.78, 5) is 22.7. The Morgan fingerprint density at radius 1 is 1.26 bits per heavy atom. The maximum atomic E-state index is 12.3. The van der Waals surface area contributed by atoms with E-state index < -0.39 is 4.92 Å². The van der Waals surface area contributed by atoms with Crippen LogP contribution in [-0.4, -0.2) is 25.4 Å². The van der Waals surface area contributed by atoms with Gasteiger partial charge in [0.2, 0.25) is 0 Å². The van der Waals surface area contributed by atoms with Crippen LogP contribution in [0.5, 0.6) is 0 Å². The van der Waals surface area contributed by atoms with E-state index in [1.807, 2.05) is 18.2 Å². The Bertz CT molecular complexity index is 903. The van der Waals surface area contributed by atoms with Crippen LogP contribution in [0.25, 0.3) is 5.65 Å². The Morgan fingerprint density at radius 3 is 2.87 bits per heavy atom. The zero-order chi connectivity index (χ0) is 16.4. The van der Waals surface area contributed by atoms with Crippen molar-refractivity contribution in [2.75, 3.05) is 0 Å². The number of nitrogens with one attached hydrogen (secondary N) is 1. The molecule has 2 heterocycles. The number of carbonyl (C=O) groups is 1. The molecule has 0 fully saturated rings. The summed E-state index contributed by atoms with van der Waals surface area (Å²) in [5.41, 5.74) is 1.21. The van der Waals surface area contributed by atoms with Crippen molar-refractivity contribution in [3.63, 3.8) is 0 Å². The maximum Gasteiger partial charge on any atom is 0.273 e. The van der Waals surface area contributed by atoms with E-state index in [1.54, 1.807) is 23.6 Å². The van der Waals surface area contributed by atoms with Crippen LogP contribution in [0.15, 0.2) is 42.6 Å². The number of pyridine rings is 1. The van der Waals surface area contributed by atoms with E-state index in [2.05, 4.69) is 15.5 Å². The molecule has 23 heavy (non-hydrogen) atoms. The van der Waals surface area contributed by atoms with Gasteiger partial charge in [-0.25, -0.2) is 0 Å². The van der Waals surface area contributed by atoms with E-state index in [0.29, 0.717) is 17.0 Å². The highest BCUT2D eigenvalue weighted by Crippen LogP contribution is 2.21. The van der Waals surface area contributed by atoms with Crippen LogP contribution in [0.3, 0.4) is 0 Å². The van der Waals surface area contributed by atoms with Gasteiger partial charge in [0.05, 0.1) is 11.5 Å². The van der Waals surface area contributed by atoms with Crippen LogP contribution in [0, 0.1) is 17.0 Å². The monoisotopic (exact) mass is 311 g/mol. The minimum Gasteiger partial charge on any atom is -0.345 e. The second-order valence-electron chi connectivity index (χ2n) is 4.93. The fourth-order valence-electron chi connectivity index (χ4n) is 2.33. The van der Waals surface area contributed by atoms with Crippen molar-refractivity contribution in [1.29, 1.82) is 0 Å². The molecule has 2 aromatic heterocycles. The van der Waals surface area contributed by atoms with E-state index in [4.69, 9.17) is 0 Å². The molecule has 0 saturated heterocycles. The van der Waals surface area contributed by atoms with E-state index in [0.717, 1.165) is 0 Å². The Kier molecular flexibility index (Phi) is 3.71. The lowest BCUT2D eigenvalue weighted by molar-refractivity contribution is -0.385. The highest BCUT2D eigenvalue weighted by Gasteiger charge is 2.18. The molecule has 116 valence electrons. The Hall–Kier alpha value is -3.29. The molecule has 8 heteroatoms. The van der Waals surface area contributed by atoms with Gasteiger partial charge < -0.3 is 5.32 Å². The summed E-state index contributed by atoms with van der Waals surface area (Å²) in [5.74, 6) is 0.191. The second-order valence-corrected chi connectivity index (χ2v) is 4.93. The standard InChI is InChI=1S/C15H13N5O3/c1-10-11(5-4-6-12(10)20(22)23)15(21)16-9-14-18-17-13-7-2-3-8-19(13)14/h2-8H,9H2,1H3,(H,16,21). The van der Waals surface area contributed by atoms with Gasteiger partial charge >= 0.3 is 0 Å². The molecule has 0 aliphatic heterocycles. The summed E-state index contributed by atoms with van der Waals surface area (Å²) in [7, 11) is 0. The quantitative estimate of drug-likeness (QED) is 0.585. The number of nitro benzene ring substituents is 1. The highest BCUT2D eigenvalue weighted by atomic mass is 16.6. The van der Waals surface area contributed by atoms with E-state index in [-0.39, 0.29) is 23.7 Å². The van der Waals surface area contributed by atoms with E-state index >= 15 is 0 Å². The van der Waals surface area contributed by atoms with Crippen LogP contribution >= 0.6 is 0 Å². The molecule has 1 N–H and O–H groups in total. The summed E-state index contributed by atoms with van der Waals surface area (Å²) in [5, 5.41) is 21.7. The van der Waals surface area contributed by atoms with Gasteiger partial charge in [0, 0.05) is 23.4 Å². The average molecular weight is 311 g/mol. The van der Waals surface area contributed by atoms with Gasteiger partial charge in [-0.3, -0.25) is 19.3 Å². The first kappa shape index (κ1) is 14.6. The van der Waals surface area contributed by atoms with Gasteiger partial charge in [-0.15, -0.1) is 10.2 Å². The number of nitrogens with zero attached hydrogens (tertiary/aromatic N) is 4. The van der Waals surface area contributed by atoms with Crippen molar-refractivity contribution >= 4 is 17.2 Å². The van der Waals surface area contributed by atoms with Crippen molar-refractivity contribution in [2.24, 2.45) is 0 Å². The molecule has 1 amide bonds. The average Bonchev–Trinajstić information content (AvgIpc) is 2.96. The predicted molar refractivity (Wildman–Crippen MR) is 82.0 cm³/mol. The van der Waals surface area contributed by atoms with Crippen LogP contribution in [-0.2, 0) is 6.54 Å². The van der Waals surface area contributed by atoms with Crippen molar-refractivity contribution in [3.05, 3.63) is 69.7 Å². The SMILES string of the molecule is Cc1c(C(=O)NCc2nnc3ccccn23)cccc1[N+](=O)[O-]. The normalized spacial score (nSPS) is 10.7. The molecule has 0 spiro atoms. The van der Waals surface area contributed by atoms with Crippen LogP contribution in [0.4, 0.5) is 5.69 Å². The minimum absolute atomic E-state index is 0.0782. The van der Waals surface area contributed by atoms with E-state index in [9.17, 15) is 14.9 Å². The maximum absolute atomic E-state index is 12.3. The summed E-state index contributed by atoms with van der Waals surface area (Å²) < 4.78 is 1.76. The molecule has 0 radical (unpaired) electrons. The van der Waals surface area contributed by atoms with Gasteiger partial charge in [-0.1, -0.05) is 12.1 Å². The van der Waals surface area contributed by atoms with Crippen molar-refractivity contribution in [2.45, 2.75) is 13.5 Å². The highest BCUT2D eigenvalue weighted by molar-refractivity contribution is 5.96. The van der Waals surface area contributed by atoms with Gasteiger partial charge in [0.1, 0.15) is 0 Å². The first-order valence-corrected chi connectivity index (χ1v) is 6.89. The Balaban J connectivity index is 1.80. The van der Waals surface area contributed by atoms with E-state index in [1.165, 1.54) is 12.1 Å². The number of nitro groups is 1. The lowest BCUT2D eigenvalue weighted by atomic mass is 10.1. The number of amides is 1. The third kappa shape index (κ3) is 2.73. The molecule has 0 aliphatic carbocycles. The fraction of sp³-hybridized carbons (Fsp3) is 0.133. The largest absolute Gasteiger partial charge is 0.345 e. The van der Waals surface area contributed by atoms with Crippen LogP contribution < -0.4 is 5.32 Å². The van der Waals surface area contributed by atoms with Crippen molar-refractivity contribution in [3.8, 4) is 0 Å². The summed E-state index contributed by atoms with van der Waals surface area (Å²) >= 11 is 0. The molecule has 3 aromatic rings. The molecule has 0 unspecified atom stereocenters. The molecular formula is C15H13N5O3. The number of hydrogen-bond acceptors (Lipinski definition) is 5. The number of rotatable bonds is 4. The number of carbonyl (C=O) groups excluding carboxylic acids is 1. The van der Waals surface area contributed by atoms with Gasteiger partial charge in [-0.2, -0.15) is 0 Å². The smallest absolute Gasteiger partial charge is 0.273 e. The first-order valence-electron chi connectivity index (χ1n) is 6.89. The first-order chi connectivity index (χ1) is 11.1. The zero-order valence-corrected chi connectivity index (χ0v) is 12.3.